The van der Waals surface area contributed by atoms with E-state index in [1.165, 1.54) is 11.8 Å². The number of hydrogen-bond donors (Lipinski definition) is 2. The van der Waals surface area contributed by atoms with Gasteiger partial charge in [0.25, 0.3) is 5.91 Å². The Balaban J connectivity index is 1.47. The monoisotopic (exact) mass is 355 g/mol. The van der Waals surface area contributed by atoms with Crippen molar-refractivity contribution in [3.8, 4) is 0 Å². The molecule has 1 aliphatic rings. The van der Waals surface area contributed by atoms with Crippen molar-refractivity contribution < 1.29 is 14.0 Å². The average molecular weight is 355 g/mol. The van der Waals surface area contributed by atoms with E-state index in [0.29, 0.717) is 5.76 Å². The van der Waals surface area contributed by atoms with E-state index in [-0.39, 0.29) is 17.7 Å². The third-order valence-electron chi connectivity index (χ3n) is 4.99. The van der Waals surface area contributed by atoms with E-state index in [0.717, 1.165) is 50.1 Å². The second-order valence-electron chi connectivity index (χ2n) is 6.85. The smallest absolute Gasteiger partial charge is 0.291 e. The minimum absolute atomic E-state index is 0.0342. The Morgan fingerprint density at radius 2 is 1.88 bits per heavy atom. The number of piperidine rings is 1. The summed E-state index contributed by atoms with van der Waals surface area (Å²) in [5.74, 6) is -0.0371. The molecule has 6 nitrogen and oxygen atoms in total. The largest absolute Gasteiger partial charge is 0.459 e. The van der Waals surface area contributed by atoms with E-state index in [4.69, 9.17) is 10.2 Å². The van der Waals surface area contributed by atoms with Gasteiger partial charge in [0.15, 0.2) is 5.76 Å². The second-order valence-corrected chi connectivity index (χ2v) is 6.85. The molecule has 1 fully saturated rings. The lowest BCUT2D eigenvalue weighted by atomic mass is 9.96. The Hall–Kier alpha value is -2.60. The van der Waals surface area contributed by atoms with Gasteiger partial charge in [0.2, 0.25) is 5.91 Å². The van der Waals surface area contributed by atoms with E-state index in [1.807, 2.05) is 31.2 Å². The van der Waals surface area contributed by atoms with E-state index in [2.05, 4.69) is 10.2 Å². The molecule has 0 radical (unpaired) electrons. The molecule has 138 valence electrons. The first kappa shape index (κ1) is 18.2. The van der Waals surface area contributed by atoms with Crippen molar-refractivity contribution in [2.24, 2.45) is 11.7 Å². The number of primary amides is 1. The minimum atomic E-state index is -0.238. The first-order valence-electron chi connectivity index (χ1n) is 8.99. The average Bonchev–Trinajstić information content (AvgIpc) is 3.07. The van der Waals surface area contributed by atoms with Gasteiger partial charge in [-0.2, -0.15) is 0 Å². The highest BCUT2D eigenvalue weighted by atomic mass is 16.3. The number of hydrogen-bond acceptors (Lipinski definition) is 4. The number of benzene rings is 1. The van der Waals surface area contributed by atoms with Gasteiger partial charge in [0.1, 0.15) is 0 Å². The summed E-state index contributed by atoms with van der Waals surface area (Å²) in [7, 11) is 0. The van der Waals surface area contributed by atoms with Crippen LogP contribution >= 0.6 is 0 Å². The molecule has 1 aromatic heterocycles. The summed E-state index contributed by atoms with van der Waals surface area (Å²) < 4.78 is 5.20. The number of amides is 2. The predicted octanol–water partition coefficient (Wildman–Crippen LogP) is 2.58. The van der Waals surface area contributed by atoms with Crippen molar-refractivity contribution in [3.05, 3.63) is 53.5 Å². The van der Waals surface area contributed by atoms with Crippen LogP contribution < -0.4 is 11.1 Å². The Morgan fingerprint density at radius 3 is 2.46 bits per heavy atom. The molecule has 1 aliphatic heterocycles. The summed E-state index contributed by atoms with van der Waals surface area (Å²) in [5, 5.41) is 2.85. The lowest BCUT2D eigenvalue weighted by molar-refractivity contribution is -0.123. The molecule has 2 amide bonds. The minimum Gasteiger partial charge on any atom is -0.459 e. The number of nitrogens with one attached hydrogen (secondary N) is 1. The second kappa shape index (κ2) is 8.19. The molecule has 2 heterocycles. The summed E-state index contributed by atoms with van der Waals surface area (Å²) in [5.41, 5.74) is 8.15. The number of nitrogens with two attached hydrogens (primary N) is 1. The topological polar surface area (TPSA) is 88.6 Å². The number of furan rings is 1. The molecule has 1 aromatic carbocycles. The van der Waals surface area contributed by atoms with Gasteiger partial charge in [0.05, 0.1) is 6.26 Å². The molecule has 0 spiro atoms. The molecule has 0 unspecified atom stereocenters. The molecule has 0 saturated carbocycles. The Kier molecular flexibility index (Phi) is 5.73. The summed E-state index contributed by atoms with van der Waals surface area (Å²) in [6.45, 7) is 4.64. The van der Waals surface area contributed by atoms with Crippen molar-refractivity contribution in [1.82, 2.24) is 4.90 Å². The summed E-state index contributed by atoms with van der Waals surface area (Å²) in [6, 6.07) is 9.64. The fourth-order valence-electron chi connectivity index (χ4n) is 3.28. The van der Waals surface area contributed by atoms with Gasteiger partial charge < -0.3 is 20.4 Å². The first-order chi connectivity index (χ1) is 12.5. The van der Waals surface area contributed by atoms with Crippen molar-refractivity contribution in [2.45, 2.75) is 26.2 Å². The van der Waals surface area contributed by atoms with Gasteiger partial charge in [-0.15, -0.1) is 0 Å². The van der Waals surface area contributed by atoms with Crippen molar-refractivity contribution in [3.63, 3.8) is 0 Å². The SMILES string of the molecule is Cc1ccoc1C(=O)Nc1ccc(CCN2CCC(C(N)=O)CC2)cc1. The molecule has 0 atom stereocenters. The highest BCUT2D eigenvalue weighted by Gasteiger charge is 2.22. The van der Waals surface area contributed by atoms with Gasteiger partial charge in [-0.25, -0.2) is 0 Å². The highest BCUT2D eigenvalue weighted by Crippen LogP contribution is 2.18. The van der Waals surface area contributed by atoms with Crippen LogP contribution in [0.25, 0.3) is 0 Å². The van der Waals surface area contributed by atoms with Gasteiger partial charge in [0, 0.05) is 23.7 Å². The molecule has 6 heteroatoms. The molecule has 3 rings (SSSR count). The summed E-state index contributed by atoms with van der Waals surface area (Å²) in [6.07, 6.45) is 4.16. The van der Waals surface area contributed by atoms with Gasteiger partial charge in [-0.1, -0.05) is 12.1 Å². The molecule has 2 aromatic rings. The van der Waals surface area contributed by atoms with E-state index in [9.17, 15) is 9.59 Å². The summed E-state index contributed by atoms with van der Waals surface area (Å²) in [4.78, 5) is 25.7. The van der Waals surface area contributed by atoms with E-state index in [1.54, 1.807) is 6.07 Å². The number of aryl methyl sites for hydroxylation is 1. The molecule has 26 heavy (non-hydrogen) atoms. The van der Waals surface area contributed by atoms with Crippen LogP contribution in [-0.2, 0) is 11.2 Å². The van der Waals surface area contributed by atoms with E-state index < -0.39 is 0 Å². The van der Waals surface area contributed by atoms with Crippen molar-refractivity contribution in [1.29, 1.82) is 0 Å². The van der Waals surface area contributed by atoms with Crippen LogP contribution in [0.2, 0.25) is 0 Å². The van der Waals surface area contributed by atoms with Gasteiger partial charge in [-0.05, 0) is 63.0 Å². The third kappa shape index (κ3) is 4.52. The molecular weight excluding hydrogens is 330 g/mol. The molecule has 0 bridgehead atoms. The maximum absolute atomic E-state index is 12.1. The van der Waals surface area contributed by atoms with Crippen LogP contribution in [0.15, 0.2) is 41.0 Å². The maximum Gasteiger partial charge on any atom is 0.291 e. The first-order valence-corrected chi connectivity index (χ1v) is 8.99. The number of likely N-dealkylation sites (tertiary alicyclic amines) is 1. The predicted molar refractivity (Wildman–Crippen MR) is 99.9 cm³/mol. The number of carbonyl (C=O) groups excluding carboxylic acids is 2. The standard InChI is InChI=1S/C20H25N3O3/c1-14-9-13-26-18(14)20(25)22-17-4-2-15(3-5-17)6-10-23-11-7-16(8-12-23)19(21)24/h2-5,9,13,16H,6-8,10-12H2,1H3,(H2,21,24)(H,22,25). The fourth-order valence-corrected chi connectivity index (χ4v) is 3.28. The van der Waals surface area contributed by atoms with Crippen LogP contribution in [0, 0.1) is 12.8 Å². The van der Waals surface area contributed by atoms with Crippen LogP contribution in [0.1, 0.15) is 34.5 Å². The lowest BCUT2D eigenvalue weighted by Crippen LogP contribution is -2.39. The zero-order valence-corrected chi connectivity index (χ0v) is 15.0. The summed E-state index contributed by atoms with van der Waals surface area (Å²) >= 11 is 0. The number of anilines is 1. The third-order valence-corrected chi connectivity index (χ3v) is 4.99. The zero-order chi connectivity index (χ0) is 18.5. The number of nitrogens with zero attached hydrogens (tertiary/aromatic N) is 1. The van der Waals surface area contributed by atoms with Crippen LogP contribution in [0.4, 0.5) is 5.69 Å². The highest BCUT2D eigenvalue weighted by molar-refractivity contribution is 6.03. The fraction of sp³-hybridized carbons (Fsp3) is 0.400. The Morgan fingerprint density at radius 1 is 1.19 bits per heavy atom. The molecule has 1 saturated heterocycles. The maximum atomic E-state index is 12.1. The van der Waals surface area contributed by atoms with Gasteiger partial charge in [-0.3, -0.25) is 9.59 Å². The normalized spacial score (nSPS) is 15.7. The molecule has 0 aliphatic carbocycles. The lowest BCUT2D eigenvalue weighted by Gasteiger charge is -2.30. The Labute approximate surface area is 153 Å². The van der Waals surface area contributed by atoms with Crippen LogP contribution in [-0.4, -0.2) is 36.3 Å². The Bertz CT molecular complexity index is 759. The van der Waals surface area contributed by atoms with E-state index >= 15 is 0 Å². The van der Waals surface area contributed by atoms with Crippen LogP contribution in [0.5, 0.6) is 0 Å². The molecule has 3 N–H and O–H groups in total. The van der Waals surface area contributed by atoms with Crippen molar-refractivity contribution in [2.75, 3.05) is 25.0 Å². The van der Waals surface area contributed by atoms with Crippen molar-refractivity contribution >= 4 is 17.5 Å². The number of carbonyl (C=O) groups is 2. The van der Waals surface area contributed by atoms with Gasteiger partial charge >= 0.3 is 0 Å². The zero-order valence-electron chi connectivity index (χ0n) is 15.0. The van der Waals surface area contributed by atoms with Crippen LogP contribution in [0.3, 0.4) is 0 Å². The molecular formula is C20H25N3O3. The quantitative estimate of drug-likeness (QED) is 0.833. The number of rotatable bonds is 6.